The maximum absolute atomic E-state index is 13.4. The van der Waals surface area contributed by atoms with Crippen LogP contribution in [0.3, 0.4) is 0 Å². The van der Waals surface area contributed by atoms with E-state index in [0.717, 1.165) is 13.1 Å². The van der Waals surface area contributed by atoms with Crippen LogP contribution in [0, 0.1) is 11.3 Å². The SMILES string of the molecule is C[C@H]1CNCCN1c1ncnc2c1c1ccc(S(=O)(=O)NC3(C#N)CC3)cc1n2-c1nnc(C(F)F)s1. The van der Waals surface area contributed by atoms with Crippen molar-refractivity contribution in [3.05, 3.63) is 29.5 Å². The third kappa shape index (κ3) is 4.00. The number of anilines is 1. The Morgan fingerprint density at radius 3 is 2.78 bits per heavy atom. The van der Waals surface area contributed by atoms with Gasteiger partial charge in [0.1, 0.15) is 17.7 Å². The predicted molar refractivity (Wildman–Crippen MR) is 132 cm³/mol. The summed E-state index contributed by atoms with van der Waals surface area (Å²) in [5, 5.41) is 21.3. The lowest BCUT2D eigenvalue weighted by molar-refractivity contribution is 0.150. The minimum atomic E-state index is -4.04. The predicted octanol–water partition coefficient (Wildman–Crippen LogP) is 2.50. The Bertz CT molecular complexity index is 1670. The lowest BCUT2D eigenvalue weighted by Crippen LogP contribution is -2.50. The van der Waals surface area contributed by atoms with Gasteiger partial charge in [0, 0.05) is 31.1 Å². The molecule has 11 nitrogen and oxygen atoms in total. The molecule has 1 aliphatic heterocycles. The van der Waals surface area contributed by atoms with Crippen LogP contribution in [0.2, 0.25) is 0 Å². The lowest BCUT2D eigenvalue weighted by atomic mass is 10.1. The number of nitrogens with one attached hydrogen (secondary N) is 2. The third-order valence-electron chi connectivity index (χ3n) is 6.68. The first kappa shape index (κ1) is 24.0. The van der Waals surface area contributed by atoms with E-state index in [1.165, 1.54) is 18.5 Å². The van der Waals surface area contributed by atoms with Gasteiger partial charge in [0.2, 0.25) is 15.2 Å². The number of halogens is 2. The smallest absolute Gasteiger partial charge is 0.291 e. The molecule has 1 atom stereocenters. The lowest BCUT2D eigenvalue weighted by Gasteiger charge is -2.35. The zero-order valence-electron chi connectivity index (χ0n) is 19.5. The monoisotopic (exact) mass is 545 g/mol. The average Bonchev–Trinajstić information content (AvgIpc) is 3.32. The molecule has 3 aromatic heterocycles. The Balaban J connectivity index is 1.60. The number of hydrogen-bond donors (Lipinski definition) is 2. The summed E-state index contributed by atoms with van der Waals surface area (Å²) in [5.74, 6) is 0.663. The highest BCUT2D eigenvalue weighted by molar-refractivity contribution is 7.89. The van der Waals surface area contributed by atoms with Crippen LogP contribution in [-0.2, 0) is 10.0 Å². The number of fused-ring (bicyclic) bond motifs is 3. The molecule has 4 aromatic rings. The van der Waals surface area contributed by atoms with Crippen LogP contribution in [0.15, 0.2) is 29.4 Å². The number of nitriles is 1. The van der Waals surface area contributed by atoms with E-state index in [-0.39, 0.29) is 16.1 Å². The molecule has 1 aliphatic carbocycles. The number of hydrogen-bond acceptors (Lipinski definition) is 10. The van der Waals surface area contributed by atoms with Gasteiger partial charge in [-0.2, -0.15) is 9.98 Å². The molecule has 4 heterocycles. The van der Waals surface area contributed by atoms with Gasteiger partial charge >= 0.3 is 0 Å². The van der Waals surface area contributed by atoms with Crippen LogP contribution < -0.4 is 14.9 Å². The Morgan fingerprint density at radius 2 is 2.11 bits per heavy atom. The first-order valence-corrected chi connectivity index (χ1v) is 13.9. The van der Waals surface area contributed by atoms with Gasteiger partial charge in [-0.15, -0.1) is 10.2 Å². The molecule has 0 radical (unpaired) electrons. The fraction of sp³-hybridized carbons (Fsp3) is 0.409. The number of aromatic nitrogens is 5. The summed E-state index contributed by atoms with van der Waals surface area (Å²) in [4.78, 5) is 11.1. The van der Waals surface area contributed by atoms with E-state index >= 15 is 0 Å². The molecule has 0 amide bonds. The molecule has 2 aliphatic rings. The zero-order chi connectivity index (χ0) is 25.9. The Hall–Kier alpha value is -3.32. The van der Waals surface area contributed by atoms with Crippen LogP contribution in [0.5, 0.6) is 0 Å². The first-order valence-electron chi connectivity index (χ1n) is 11.6. The van der Waals surface area contributed by atoms with Gasteiger partial charge in [0.25, 0.3) is 6.43 Å². The summed E-state index contributed by atoms with van der Waals surface area (Å²) >= 11 is 0.706. The largest absolute Gasteiger partial charge is 0.351 e. The van der Waals surface area contributed by atoms with Crippen molar-refractivity contribution in [2.75, 3.05) is 24.5 Å². The van der Waals surface area contributed by atoms with Crippen molar-refractivity contribution >= 4 is 49.1 Å². The molecule has 1 saturated heterocycles. The molecule has 0 spiro atoms. The molecule has 2 N–H and O–H groups in total. The van der Waals surface area contributed by atoms with Crippen molar-refractivity contribution in [1.82, 2.24) is 34.8 Å². The van der Waals surface area contributed by atoms with E-state index in [0.29, 0.717) is 58.5 Å². The van der Waals surface area contributed by atoms with E-state index in [2.05, 4.69) is 42.0 Å². The molecule has 0 bridgehead atoms. The van der Waals surface area contributed by atoms with Crippen LogP contribution in [0.4, 0.5) is 14.6 Å². The van der Waals surface area contributed by atoms with Gasteiger partial charge in [0.15, 0.2) is 10.7 Å². The summed E-state index contributed by atoms with van der Waals surface area (Å²) in [6, 6.07) is 6.71. The normalized spacial score (nSPS) is 19.5. The maximum Gasteiger partial charge on any atom is 0.291 e. The number of rotatable bonds is 6. The number of alkyl halides is 2. The van der Waals surface area contributed by atoms with Crippen LogP contribution in [-0.4, -0.2) is 64.4 Å². The van der Waals surface area contributed by atoms with Gasteiger partial charge in [-0.25, -0.2) is 27.2 Å². The van der Waals surface area contributed by atoms with Gasteiger partial charge in [-0.3, -0.25) is 4.57 Å². The van der Waals surface area contributed by atoms with Gasteiger partial charge in [-0.05, 0) is 31.9 Å². The highest BCUT2D eigenvalue weighted by Crippen LogP contribution is 2.40. The van der Waals surface area contributed by atoms with Crippen LogP contribution in [0.25, 0.3) is 27.1 Å². The van der Waals surface area contributed by atoms with Crippen molar-refractivity contribution in [3.63, 3.8) is 0 Å². The summed E-state index contributed by atoms with van der Waals surface area (Å²) in [6.45, 7) is 4.28. The van der Waals surface area contributed by atoms with Crippen molar-refractivity contribution < 1.29 is 17.2 Å². The van der Waals surface area contributed by atoms with E-state index in [4.69, 9.17) is 0 Å². The Kier molecular flexibility index (Phi) is 5.60. The van der Waals surface area contributed by atoms with Crippen molar-refractivity contribution in [1.29, 1.82) is 5.26 Å². The summed E-state index contributed by atoms with van der Waals surface area (Å²) in [7, 11) is -4.04. The summed E-state index contributed by atoms with van der Waals surface area (Å²) < 4.78 is 57.1. The molecule has 1 aromatic carbocycles. The quantitative estimate of drug-likeness (QED) is 0.374. The van der Waals surface area contributed by atoms with Gasteiger partial charge in [-0.1, -0.05) is 17.4 Å². The second kappa shape index (κ2) is 8.62. The second-order valence-electron chi connectivity index (χ2n) is 9.18. The van der Waals surface area contributed by atoms with E-state index in [9.17, 15) is 22.5 Å². The van der Waals surface area contributed by atoms with E-state index in [1.807, 2.05) is 6.07 Å². The fourth-order valence-electron chi connectivity index (χ4n) is 4.62. The molecular weight excluding hydrogens is 524 g/mol. The number of piperazine rings is 1. The van der Waals surface area contributed by atoms with Gasteiger partial charge in [0.05, 0.1) is 21.9 Å². The molecule has 2 fully saturated rings. The summed E-state index contributed by atoms with van der Waals surface area (Å²) in [6.07, 6.45) is -0.519. The van der Waals surface area contributed by atoms with E-state index < -0.39 is 27.0 Å². The Labute approximate surface area is 214 Å². The highest BCUT2D eigenvalue weighted by atomic mass is 32.2. The number of sulfonamides is 1. The summed E-state index contributed by atoms with van der Waals surface area (Å²) in [5.41, 5.74) is -0.287. The topological polar surface area (TPSA) is 142 Å². The van der Waals surface area contributed by atoms with Crippen LogP contribution >= 0.6 is 11.3 Å². The first-order chi connectivity index (χ1) is 17.7. The number of nitrogens with zero attached hydrogens (tertiary/aromatic N) is 7. The maximum atomic E-state index is 13.4. The Morgan fingerprint density at radius 1 is 1.30 bits per heavy atom. The third-order valence-corrected chi connectivity index (χ3v) is 9.13. The molecule has 0 unspecified atom stereocenters. The van der Waals surface area contributed by atoms with Crippen molar-refractivity contribution in [3.8, 4) is 11.2 Å². The average molecular weight is 546 g/mol. The molecule has 192 valence electrons. The van der Waals surface area contributed by atoms with E-state index in [1.54, 1.807) is 10.6 Å². The minimum absolute atomic E-state index is 0.0609. The number of benzene rings is 1. The molecular formula is C22H21F2N9O2S2. The molecule has 15 heteroatoms. The van der Waals surface area contributed by atoms with Gasteiger partial charge < -0.3 is 10.2 Å². The van der Waals surface area contributed by atoms with Crippen molar-refractivity contribution in [2.24, 2.45) is 0 Å². The van der Waals surface area contributed by atoms with Crippen molar-refractivity contribution in [2.45, 2.75) is 42.7 Å². The fourth-order valence-corrected chi connectivity index (χ4v) is 6.73. The standard InChI is InChI=1S/C22H21F2N9O2S2/c1-12-9-26-6-7-32(12)18-16-14-3-2-13(37(34,35)31-22(10-25)4-5-22)8-15(14)33(19(16)28-11-27-18)21-30-29-20(36-21)17(23)24/h2-3,8,11-12,17,26,31H,4-7,9H2,1H3/t12-/m0/s1. The molecule has 37 heavy (non-hydrogen) atoms. The highest BCUT2D eigenvalue weighted by Gasteiger charge is 2.47. The second-order valence-corrected chi connectivity index (χ2v) is 11.8. The zero-order valence-corrected chi connectivity index (χ0v) is 21.2. The molecule has 1 saturated carbocycles. The minimum Gasteiger partial charge on any atom is -0.351 e. The molecule has 6 rings (SSSR count). The van der Waals surface area contributed by atoms with Crippen LogP contribution in [0.1, 0.15) is 31.2 Å².